The third-order valence-corrected chi connectivity index (χ3v) is 3.65. The van der Waals surface area contributed by atoms with Crippen LogP contribution in [-0.4, -0.2) is 33.8 Å². The molecule has 0 fully saturated rings. The van der Waals surface area contributed by atoms with Crippen LogP contribution in [0.2, 0.25) is 0 Å². The lowest BCUT2D eigenvalue weighted by Crippen LogP contribution is -2.20. The maximum Gasteiger partial charge on any atom is 0.312 e. The van der Waals surface area contributed by atoms with Crippen molar-refractivity contribution in [3.63, 3.8) is 0 Å². The number of benzene rings is 1. The zero-order valence-electron chi connectivity index (χ0n) is 15.2. The third kappa shape index (κ3) is 4.29. The van der Waals surface area contributed by atoms with Gasteiger partial charge in [0.15, 0.2) is 11.5 Å². The Hall–Kier alpha value is -3.10. The lowest BCUT2D eigenvalue weighted by molar-refractivity contribution is -0.386. The maximum atomic E-state index is 12.3. The molecule has 0 atom stereocenters. The molecule has 9 nitrogen and oxygen atoms in total. The number of aromatic nitrogens is 2. The van der Waals surface area contributed by atoms with Crippen molar-refractivity contribution >= 4 is 17.3 Å². The highest BCUT2D eigenvalue weighted by Crippen LogP contribution is 2.30. The molecule has 1 aromatic heterocycles. The second kappa shape index (κ2) is 8.32. The molecule has 0 aliphatic heterocycles. The molecule has 0 saturated carbocycles. The van der Waals surface area contributed by atoms with Crippen molar-refractivity contribution in [2.24, 2.45) is 0 Å². The topological polar surface area (TPSA) is 109 Å². The molecule has 0 bridgehead atoms. The molecule has 0 aliphatic rings. The minimum atomic E-state index is -0.493. The van der Waals surface area contributed by atoms with Gasteiger partial charge in [0, 0.05) is 11.8 Å². The molecule has 1 amide bonds. The minimum absolute atomic E-state index is 0.0718. The van der Waals surface area contributed by atoms with Crippen LogP contribution < -0.4 is 14.8 Å². The molecule has 26 heavy (non-hydrogen) atoms. The zero-order valence-corrected chi connectivity index (χ0v) is 15.2. The number of hydrogen-bond acceptors (Lipinski definition) is 6. The first-order chi connectivity index (χ1) is 12.4. The molecule has 9 heteroatoms. The second-order valence-electron chi connectivity index (χ2n) is 5.51. The lowest BCUT2D eigenvalue weighted by atomic mass is 10.2. The number of nitro groups is 1. The Morgan fingerprint density at radius 2 is 1.88 bits per heavy atom. The van der Waals surface area contributed by atoms with Gasteiger partial charge in [-0.3, -0.25) is 19.6 Å². The Bertz CT molecular complexity index is 816. The van der Waals surface area contributed by atoms with Gasteiger partial charge in [0.05, 0.1) is 18.1 Å². The summed E-state index contributed by atoms with van der Waals surface area (Å²) in [6.07, 6.45) is 0. The molecule has 1 N–H and O–H groups in total. The molecular formula is C17H22N4O5. The van der Waals surface area contributed by atoms with Gasteiger partial charge >= 0.3 is 5.69 Å². The van der Waals surface area contributed by atoms with Crippen molar-refractivity contribution in [2.75, 3.05) is 18.5 Å². The Balaban J connectivity index is 2.14. The van der Waals surface area contributed by atoms with Crippen molar-refractivity contribution < 1.29 is 19.2 Å². The fraction of sp³-hybridized carbons (Fsp3) is 0.412. The average Bonchev–Trinajstić information content (AvgIpc) is 2.84. The summed E-state index contributed by atoms with van der Waals surface area (Å²) >= 11 is 0. The van der Waals surface area contributed by atoms with E-state index < -0.39 is 4.92 Å². The van der Waals surface area contributed by atoms with Crippen LogP contribution in [0.15, 0.2) is 18.2 Å². The summed E-state index contributed by atoms with van der Waals surface area (Å²) in [6, 6.07) is 5.10. The van der Waals surface area contributed by atoms with Crippen molar-refractivity contribution in [3.05, 3.63) is 39.7 Å². The first-order valence-corrected chi connectivity index (χ1v) is 8.25. The molecule has 0 unspecified atom stereocenters. The monoisotopic (exact) mass is 362 g/mol. The van der Waals surface area contributed by atoms with Gasteiger partial charge in [-0.25, -0.2) is 0 Å². The second-order valence-corrected chi connectivity index (χ2v) is 5.51. The van der Waals surface area contributed by atoms with E-state index in [0.717, 1.165) is 0 Å². The number of hydrogen-bond donors (Lipinski definition) is 1. The molecule has 1 heterocycles. The molecular weight excluding hydrogens is 340 g/mol. The first-order valence-electron chi connectivity index (χ1n) is 8.25. The number of amides is 1. The summed E-state index contributed by atoms with van der Waals surface area (Å²) < 4.78 is 12.3. The van der Waals surface area contributed by atoms with Crippen LogP contribution in [-0.2, 0) is 11.3 Å². The number of aryl methyl sites for hydroxylation is 1. The van der Waals surface area contributed by atoms with E-state index in [0.29, 0.717) is 36.1 Å². The fourth-order valence-electron chi connectivity index (χ4n) is 2.57. The quantitative estimate of drug-likeness (QED) is 0.571. The van der Waals surface area contributed by atoms with E-state index in [1.807, 2.05) is 13.8 Å². The Morgan fingerprint density at radius 1 is 1.23 bits per heavy atom. The number of nitrogens with zero attached hydrogens (tertiary/aromatic N) is 3. The van der Waals surface area contributed by atoms with Gasteiger partial charge < -0.3 is 14.8 Å². The smallest absolute Gasteiger partial charge is 0.312 e. The molecule has 1 aromatic carbocycles. The SMILES string of the molecule is CCOc1ccc(NC(=O)Cn2nc(C)c([N+](=O)[O-])c2C)cc1OCC. The van der Waals surface area contributed by atoms with Gasteiger partial charge in [-0.05, 0) is 39.8 Å². The van der Waals surface area contributed by atoms with Gasteiger partial charge in [0.1, 0.15) is 17.9 Å². The van der Waals surface area contributed by atoms with Crippen LogP contribution in [0, 0.1) is 24.0 Å². The molecule has 0 radical (unpaired) electrons. The standard InChI is InChI=1S/C17H22N4O5/c1-5-25-14-8-7-13(9-15(14)26-6-2)18-16(22)10-20-12(4)17(21(23)24)11(3)19-20/h7-9H,5-6,10H2,1-4H3,(H,18,22). The van der Waals surface area contributed by atoms with E-state index in [2.05, 4.69) is 10.4 Å². The summed E-state index contributed by atoms with van der Waals surface area (Å²) in [4.78, 5) is 22.8. The summed E-state index contributed by atoms with van der Waals surface area (Å²) in [5.41, 5.74) is 1.08. The largest absolute Gasteiger partial charge is 0.490 e. The van der Waals surface area contributed by atoms with E-state index in [-0.39, 0.29) is 23.8 Å². The summed E-state index contributed by atoms with van der Waals surface area (Å²) in [6.45, 7) is 7.68. The van der Waals surface area contributed by atoms with Crippen LogP contribution in [0.5, 0.6) is 11.5 Å². The fourth-order valence-corrected chi connectivity index (χ4v) is 2.57. The predicted octanol–water partition coefficient (Wildman–Crippen LogP) is 2.84. The number of anilines is 1. The summed E-state index contributed by atoms with van der Waals surface area (Å²) in [5.74, 6) is 0.785. The van der Waals surface area contributed by atoms with Crippen LogP contribution in [0.3, 0.4) is 0 Å². The lowest BCUT2D eigenvalue weighted by Gasteiger charge is -2.13. The van der Waals surface area contributed by atoms with Gasteiger partial charge in [-0.2, -0.15) is 5.10 Å². The van der Waals surface area contributed by atoms with E-state index in [1.165, 1.54) is 4.68 Å². The van der Waals surface area contributed by atoms with Crippen LogP contribution >= 0.6 is 0 Å². The highest BCUT2D eigenvalue weighted by Gasteiger charge is 2.22. The number of carbonyl (C=O) groups excluding carboxylic acids is 1. The van der Waals surface area contributed by atoms with Crippen molar-refractivity contribution in [1.82, 2.24) is 9.78 Å². The maximum absolute atomic E-state index is 12.3. The molecule has 2 rings (SSSR count). The Morgan fingerprint density at radius 3 is 2.46 bits per heavy atom. The molecule has 2 aromatic rings. The first kappa shape index (κ1) is 19.2. The van der Waals surface area contributed by atoms with Crippen LogP contribution in [0.4, 0.5) is 11.4 Å². The minimum Gasteiger partial charge on any atom is -0.490 e. The molecule has 140 valence electrons. The van der Waals surface area contributed by atoms with E-state index in [1.54, 1.807) is 32.0 Å². The Kier molecular flexibility index (Phi) is 6.16. The van der Waals surface area contributed by atoms with Crippen molar-refractivity contribution in [2.45, 2.75) is 34.2 Å². The normalized spacial score (nSPS) is 10.5. The van der Waals surface area contributed by atoms with E-state index in [9.17, 15) is 14.9 Å². The number of carbonyl (C=O) groups is 1. The highest BCUT2D eigenvalue weighted by molar-refractivity contribution is 5.91. The van der Waals surface area contributed by atoms with Crippen LogP contribution in [0.25, 0.3) is 0 Å². The zero-order chi connectivity index (χ0) is 19.3. The Labute approximate surface area is 151 Å². The molecule has 0 spiro atoms. The molecule has 0 saturated heterocycles. The third-order valence-electron chi connectivity index (χ3n) is 3.65. The van der Waals surface area contributed by atoms with Gasteiger partial charge in [-0.1, -0.05) is 0 Å². The van der Waals surface area contributed by atoms with Crippen molar-refractivity contribution in [1.29, 1.82) is 0 Å². The number of nitrogens with one attached hydrogen (secondary N) is 1. The highest BCUT2D eigenvalue weighted by atomic mass is 16.6. The predicted molar refractivity (Wildman–Crippen MR) is 95.8 cm³/mol. The average molecular weight is 362 g/mol. The van der Waals surface area contributed by atoms with Crippen molar-refractivity contribution in [3.8, 4) is 11.5 Å². The number of rotatable bonds is 8. The van der Waals surface area contributed by atoms with Gasteiger partial charge in [0.2, 0.25) is 5.91 Å². The summed E-state index contributed by atoms with van der Waals surface area (Å²) in [7, 11) is 0. The molecule has 0 aliphatic carbocycles. The van der Waals surface area contributed by atoms with E-state index >= 15 is 0 Å². The summed E-state index contributed by atoms with van der Waals surface area (Å²) in [5, 5.41) is 17.8. The van der Waals surface area contributed by atoms with Crippen LogP contribution in [0.1, 0.15) is 25.2 Å². The van der Waals surface area contributed by atoms with E-state index in [4.69, 9.17) is 9.47 Å². The van der Waals surface area contributed by atoms with Gasteiger partial charge in [-0.15, -0.1) is 0 Å². The van der Waals surface area contributed by atoms with Gasteiger partial charge in [0.25, 0.3) is 0 Å². The number of ether oxygens (including phenoxy) is 2.